The molecule has 0 aliphatic heterocycles. The number of rotatable bonds is 1. The van der Waals surface area contributed by atoms with E-state index in [9.17, 15) is 9.90 Å². The molecule has 3 heteroatoms. The first kappa shape index (κ1) is 24.1. The van der Waals surface area contributed by atoms with E-state index in [-0.39, 0.29) is 10.8 Å². The zero-order chi connectivity index (χ0) is 23.9. The van der Waals surface area contributed by atoms with E-state index >= 15 is 0 Å². The minimum atomic E-state index is -0.795. The molecule has 0 heterocycles. The first-order valence-corrected chi connectivity index (χ1v) is 12.8. The van der Waals surface area contributed by atoms with Gasteiger partial charge in [0.25, 0.3) is 0 Å². The minimum Gasteiger partial charge on any atom is -0.378 e. The number of aliphatic hydroxyl groups is 1. The summed E-state index contributed by atoms with van der Waals surface area (Å²) >= 11 is 0. The zero-order valence-corrected chi connectivity index (χ0v) is 21.2. The molecule has 3 nitrogen and oxygen atoms in total. The lowest BCUT2D eigenvalue weighted by atomic mass is 9.46. The van der Waals surface area contributed by atoms with E-state index in [0.29, 0.717) is 23.5 Å². The van der Waals surface area contributed by atoms with E-state index in [2.05, 4.69) is 42.7 Å². The van der Waals surface area contributed by atoms with Gasteiger partial charge < -0.3 is 10.0 Å². The molecule has 4 aliphatic carbocycles. The van der Waals surface area contributed by atoms with Crippen molar-refractivity contribution >= 4 is 11.5 Å². The number of nitrogens with zero attached hydrogens (tertiary/aromatic N) is 1. The normalized spacial score (nSPS) is 38.9. The minimum absolute atomic E-state index is 0.0563. The summed E-state index contributed by atoms with van der Waals surface area (Å²) in [6, 6.07) is 10.3. The lowest BCUT2D eigenvalue weighted by molar-refractivity contribution is -0.119. The molecule has 1 aromatic rings. The number of carbonyl (C=O) groups excluding carboxylic acids is 1. The number of anilines is 1. The number of fused-ring (bicyclic) bond motifs is 5. The van der Waals surface area contributed by atoms with Crippen LogP contribution in [0.3, 0.4) is 0 Å². The van der Waals surface area contributed by atoms with Gasteiger partial charge in [-0.1, -0.05) is 43.5 Å². The summed E-state index contributed by atoms with van der Waals surface area (Å²) in [6.45, 7) is 6.55. The first-order valence-electron chi connectivity index (χ1n) is 12.8. The Balaban J connectivity index is 0.000000243. The van der Waals surface area contributed by atoms with Crippen molar-refractivity contribution in [3.05, 3.63) is 42.0 Å². The molecule has 4 aliphatic rings. The number of carbonyl (C=O) groups is 1. The molecule has 1 N–H and O–H groups in total. The van der Waals surface area contributed by atoms with Crippen molar-refractivity contribution in [2.24, 2.45) is 28.6 Å². The van der Waals surface area contributed by atoms with Crippen LogP contribution in [0.15, 0.2) is 42.0 Å². The Labute approximate surface area is 200 Å². The van der Waals surface area contributed by atoms with Crippen LogP contribution in [0.2, 0.25) is 0 Å². The third kappa shape index (κ3) is 4.06. The summed E-state index contributed by atoms with van der Waals surface area (Å²) < 4.78 is 0. The molecular weight excluding hydrogens is 406 g/mol. The van der Waals surface area contributed by atoms with Crippen molar-refractivity contribution in [3.63, 3.8) is 0 Å². The van der Waals surface area contributed by atoms with Gasteiger partial charge >= 0.3 is 0 Å². The second-order valence-electron chi connectivity index (χ2n) is 11.4. The average Bonchev–Trinajstić information content (AvgIpc) is 3.06. The second-order valence-corrected chi connectivity index (χ2v) is 11.4. The number of hydrogen-bond acceptors (Lipinski definition) is 3. The molecule has 0 spiro atoms. The molecule has 0 aromatic heterocycles. The fourth-order valence-electron chi connectivity index (χ4n) is 7.71. The predicted octanol–water partition coefficient (Wildman–Crippen LogP) is 6.03. The van der Waals surface area contributed by atoms with Crippen molar-refractivity contribution in [2.75, 3.05) is 19.0 Å². The van der Waals surface area contributed by atoms with Crippen molar-refractivity contribution in [1.29, 1.82) is 0 Å². The van der Waals surface area contributed by atoms with Crippen molar-refractivity contribution < 1.29 is 9.90 Å². The van der Waals surface area contributed by atoms with Crippen molar-refractivity contribution in [2.45, 2.75) is 77.7 Å². The van der Waals surface area contributed by atoms with Crippen LogP contribution in [0.5, 0.6) is 0 Å². The van der Waals surface area contributed by atoms with E-state index in [1.807, 2.05) is 45.3 Å². The van der Waals surface area contributed by atoms with E-state index in [1.54, 1.807) is 0 Å². The second kappa shape index (κ2) is 8.95. The third-order valence-corrected chi connectivity index (χ3v) is 9.72. The van der Waals surface area contributed by atoms with Crippen LogP contribution in [0.4, 0.5) is 5.69 Å². The summed E-state index contributed by atoms with van der Waals surface area (Å²) in [5.74, 6) is 8.45. The summed E-state index contributed by atoms with van der Waals surface area (Å²) in [5.41, 5.74) is 2.04. The monoisotopic (exact) mass is 447 g/mol. The van der Waals surface area contributed by atoms with E-state index < -0.39 is 5.60 Å². The highest BCUT2D eigenvalue weighted by atomic mass is 16.3. The topological polar surface area (TPSA) is 40.5 Å². The Bertz CT molecular complexity index is 970. The molecule has 6 atom stereocenters. The summed E-state index contributed by atoms with van der Waals surface area (Å²) in [7, 11) is 4.07. The Morgan fingerprint density at radius 2 is 1.67 bits per heavy atom. The average molecular weight is 448 g/mol. The lowest BCUT2D eigenvalue weighted by Gasteiger charge is -2.58. The predicted molar refractivity (Wildman–Crippen MR) is 136 cm³/mol. The van der Waals surface area contributed by atoms with E-state index in [4.69, 9.17) is 0 Å². The molecule has 6 unspecified atom stereocenters. The fraction of sp³-hybridized carbons (Fsp3) is 0.633. The van der Waals surface area contributed by atoms with Gasteiger partial charge in [-0.2, -0.15) is 0 Å². The van der Waals surface area contributed by atoms with Crippen molar-refractivity contribution in [3.8, 4) is 11.8 Å². The smallest absolute Gasteiger partial charge is 0.155 e. The molecule has 1 aromatic carbocycles. The molecular formula is C30H41NO2. The molecule has 0 saturated heterocycles. The van der Waals surface area contributed by atoms with Gasteiger partial charge in [0, 0.05) is 31.6 Å². The van der Waals surface area contributed by atoms with Gasteiger partial charge in [0.05, 0.1) is 0 Å². The third-order valence-electron chi connectivity index (χ3n) is 9.72. The fourth-order valence-corrected chi connectivity index (χ4v) is 7.71. The molecule has 178 valence electrons. The van der Waals surface area contributed by atoms with Crippen LogP contribution in [0.25, 0.3) is 0 Å². The van der Waals surface area contributed by atoms with Crippen LogP contribution >= 0.6 is 0 Å². The highest BCUT2D eigenvalue weighted by Gasteiger charge is 2.63. The molecule has 0 bridgehead atoms. The SMILES string of the molecule is CC#CC1(O)CCC2C3CCC4=CC(=O)CCC4(C)C3CCC21C.CN(C)c1ccccc1. The molecule has 3 saturated carbocycles. The van der Waals surface area contributed by atoms with Gasteiger partial charge in [0.1, 0.15) is 5.60 Å². The van der Waals surface area contributed by atoms with Gasteiger partial charge in [-0.05, 0) is 93.2 Å². The van der Waals surface area contributed by atoms with Crippen LogP contribution in [-0.2, 0) is 4.79 Å². The maximum Gasteiger partial charge on any atom is 0.155 e. The molecule has 0 amide bonds. The summed E-state index contributed by atoms with van der Waals surface area (Å²) in [6.07, 6.45) is 10.2. The molecule has 33 heavy (non-hydrogen) atoms. The maximum atomic E-state index is 11.9. The summed E-state index contributed by atoms with van der Waals surface area (Å²) in [4.78, 5) is 14.0. The number of ketones is 1. The van der Waals surface area contributed by atoms with Gasteiger partial charge in [0.2, 0.25) is 0 Å². The summed E-state index contributed by atoms with van der Waals surface area (Å²) in [5, 5.41) is 11.2. The Morgan fingerprint density at radius 1 is 0.970 bits per heavy atom. The Hall–Kier alpha value is -2.05. The highest BCUT2D eigenvalue weighted by molar-refractivity contribution is 5.91. The Morgan fingerprint density at radius 3 is 2.30 bits per heavy atom. The first-order chi connectivity index (χ1) is 15.6. The van der Waals surface area contributed by atoms with Gasteiger partial charge in [-0.25, -0.2) is 0 Å². The lowest BCUT2D eigenvalue weighted by Crippen LogP contribution is -2.54. The van der Waals surface area contributed by atoms with Gasteiger partial charge in [-0.3, -0.25) is 4.79 Å². The molecule has 3 fully saturated rings. The highest BCUT2D eigenvalue weighted by Crippen LogP contribution is 2.67. The van der Waals surface area contributed by atoms with Crippen LogP contribution in [-0.4, -0.2) is 30.6 Å². The van der Waals surface area contributed by atoms with E-state index in [0.717, 1.165) is 38.5 Å². The molecule has 0 radical (unpaired) electrons. The number of benzene rings is 1. The maximum absolute atomic E-state index is 11.9. The van der Waals surface area contributed by atoms with Crippen molar-refractivity contribution in [1.82, 2.24) is 0 Å². The molecule has 5 rings (SSSR count). The van der Waals surface area contributed by atoms with Gasteiger partial charge in [-0.15, -0.1) is 5.92 Å². The van der Waals surface area contributed by atoms with Crippen LogP contribution in [0, 0.1) is 40.4 Å². The number of hydrogen-bond donors (Lipinski definition) is 1. The van der Waals surface area contributed by atoms with E-state index in [1.165, 1.54) is 24.1 Å². The van der Waals surface area contributed by atoms with Crippen LogP contribution in [0.1, 0.15) is 72.1 Å². The number of allylic oxidation sites excluding steroid dienone is 1. The standard InChI is InChI=1S/C22H30O2.C8H11N/c1-4-10-22(24)13-9-19-17-6-5-15-14-16(23)7-11-20(15,2)18(17)8-12-21(19,22)3;1-9(2)8-6-4-3-5-7-8/h14,17-19,24H,5-9,11-13H2,1-3H3;3-7H,1-2H3. The largest absolute Gasteiger partial charge is 0.378 e. The Kier molecular flexibility index (Phi) is 6.53. The quantitative estimate of drug-likeness (QED) is 0.535. The van der Waals surface area contributed by atoms with Crippen LogP contribution < -0.4 is 4.90 Å². The zero-order valence-electron chi connectivity index (χ0n) is 21.2. The van der Waals surface area contributed by atoms with Gasteiger partial charge in [0.15, 0.2) is 5.78 Å². The number of para-hydroxylation sites is 1.